The van der Waals surface area contributed by atoms with Gasteiger partial charge >= 0.3 is 6.18 Å². The molecule has 1 unspecified atom stereocenters. The Labute approximate surface area is 118 Å². The highest BCUT2D eigenvalue weighted by Gasteiger charge is 2.31. The van der Waals surface area contributed by atoms with Crippen molar-refractivity contribution in [3.05, 3.63) is 0 Å². The van der Waals surface area contributed by atoms with E-state index in [9.17, 15) is 18.0 Å². The molecule has 3 N–H and O–H groups in total. The third kappa shape index (κ3) is 7.69. The second kappa shape index (κ2) is 8.46. The lowest BCUT2D eigenvalue weighted by molar-refractivity contribution is -0.146. The molecule has 0 spiro atoms. The predicted molar refractivity (Wildman–Crippen MR) is 73.3 cm³/mol. The Balaban J connectivity index is 4.15. The van der Waals surface area contributed by atoms with Gasteiger partial charge in [0.15, 0.2) is 0 Å². The zero-order valence-electron chi connectivity index (χ0n) is 12.5. The number of unbranched alkanes of at least 4 members (excludes halogenated alkanes) is 1. The van der Waals surface area contributed by atoms with E-state index >= 15 is 0 Å². The Kier molecular flexibility index (Phi) is 8.12. The molecule has 0 aliphatic heterocycles. The maximum absolute atomic E-state index is 12.4. The van der Waals surface area contributed by atoms with Gasteiger partial charge in [0.05, 0.1) is 12.1 Å². The molecule has 1 atom stereocenters. The van der Waals surface area contributed by atoms with Gasteiger partial charge in [-0.2, -0.15) is 13.2 Å². The van der Waals surface area contributed by atoms with Gasteiger partial charge in [-0.3, -0.25) is 9.69 Å². The summed E-state index contributed by atoms with van der Waals surface area (Å²) in [5.41, 5.74) is 4.50. The summed E-state index contributed by atoms with van der Waals surface area (Å²) in [7, 11) is 1.65. The first kappa shape index (κ1) is 19.2. The smallest absolute Gasteiger partial charge is 0.368 e. The summed E-state index contributed by atoms with van der Waals surface area (Å²) in [5.74, 6) is -0.444. The molecule has 0 saturated carbocycles. The first-order chi connectivity index (χ1) is 9.14. The molecule has 0 aromatic heterocycles. The minimum absolute atomic E-state index is 0.381. The lowest BCUT2D eigenvalue weighted by Gasteiger charge is -2.26. The van der Waals surface area contributed by atoms with Gasteiger partial charge in [-0.05, 0) is 52.7 Å². The number of alkyl halides is 3. The standard InChI is InChI=1S/C13H26F3N3O/c1-4-8-19(10-13(14,15)16)9-6-5-7-12(2,18-3)11(17)20/h18H,4-10H2,1-3H3,(H2,17,20). The van der Waals surface area contributed by atoms with Gasteiger partial charge in [0.25, 0.3) is 0 Å². The number of hydrogen-bond acceptors (Lipinski definition) is 3. The number of halogens is 3. The molecule has 0 rings (SSSR count). The normalized spacial score (nSPS) is 15.3. The highest BCUT2D eigenvalue weighted by molar-refractivity contribution is 5.84. The quantitative estimate of drug-likeness (QED) is 0.605. The van der Waals surface area contributed by atoms with Crippen molar-refractivity contribution in [2.45, 2.75) is 51.2 Å². The summed E-state index contributed by atoms with van der Waals surface area (Å²) in [6.07, 6.45) is -1.70. The highest BCUT2D eigenvalue weighted by atomic mass is 19.4. The molecule has 0 aliphatic rings. The fraction of sp³-hybridized carbons (Fsp3) is 0.923. The first-order valence-electron chi connectivity index (χ1n) is 6.92. The second-order valence-electron chi connectivity index (χ2n) is 5.29. The van der Waals surface area contributed by atoms with E-state index in [0.29, 0.717) is 38.8 Å². The number of nitrogens with two attached hydrogens (primary N) is 1. The lowest BCUT2D eigenvalue weighted by Crippen LogP contribution is -2.51. The van der Waals surface area contributed by atoms with Gasteiger partial charge < -0.3 is 11.1 Å². The minimum atomic E-state index is -4.16. The van der Waals surface area contributed by atoms with Gasteiger partial charge in [0, 0.05) is 0 Å². The van der Waals surface area contributed by atoms with E-state index in [4.69, 9.17) is 5.73 Å². The van der Waals surface area contributed by atoms with Crippen LogP contribution in [-0.4, -0.2) is 49.2 Å². The number of carbonyl (C=O) groups is 1. The number of hydrogen-bond donors (Lipinski definition) is 2. The maximum Gasteiger partial charge on any atom is 0.401 e. The number of nitrogens with one attached hydrogen (secondary N) is 1. The Morgan fingerprint density at radius 1 is 1.25 bits per heavy atom. The van der Waals surface area contributed by atoms with Crippen molar-refractivity contribution in [2.75, 3.05) is 26.7 Å². The molecule has 20 heavy (non-hydrogen) atoms. The molecule has 0 bridgehead atoms. The van der Waals surface area contributed by atoms with Crippen LogP contribution in [0.4, 0.5) is 13.2 Å². The fourth-order valence-corrected chi connectivity index (χ4v) is 2.03. The van der Waals surface area contributed by atoms with Crippen molar-refractivity contribution in [3.63, 3.8) is 0 Å². The van der Waals surface area contributed by atoms with E-state index in [0.717, 1.165) is 0 Å². The van der Waals surface area contributed by atoms with E-state index in [-0.39, 0.29) is 0 Å². The SMILES string of the molecule is CCCN(CCCCC(C)(NC)C(N)=O)CC(F)(F)F. The fourth-order valence-electron chi connectivity index (χ4n) is 2.03. The predicted octanol–water partition coefficient (Wildman–Crippen LogP) is 1.89. The Morgan fingerprint density at radius 2 is 1.85 bits per heavy atom. The average Bonchev–Trinajstić information content (AvgIpc) is 2.32. The van der Waals surface area contributed by atoms with Crippen molar-refractivity contribution < 1.29 is 18.0 Å². The number of primary amides is 1. The van der Waals surface area contributed by atoms with Crippen LogP contribution in [0.5, 0.6) is 0 Å². The molecule has 0 radical (unpaired) electrons. The topological polar surface area (TPSA) is 58.4 Å². The van der Waals surface area contributed by atoms with Crippen molar-refractivity contribution in [1.29, 1.82) is 0 Å². The lowest BCUT2D eigenvalue weighted by atomic mass is 9.94. The number of rotatable bonds is 10. The van der Waals surface area contributed by atoms with Gasteiger partial charge in [-0.25, -0.2) is 0 Å². The zero-order chi connectivity index (χ0) is 15.8. The second-order valence-corrected chi connectivity index (χ2v) is 5.29. The largest absolute Gasteiger partial charge is 0.401 e. The van der Waals surface area contributed by atoms with Crippen molar-refractivity contribution in [2.24, 2.45) is 5.73 Å². The van der Waals surface area contributed by atoms with Gasteiger partial charge in [-0.15, -0.1) is 0 Å². The van der Waals surface area contributed by atoms with Crippen LogP contribution in [0.3, 0.4) is 0 Å². The maximum atomic E-state index is 12.4. The molecule has 0 aromatic carbocycles. The summed E-state index contributed by atoms with van der Waals surface area (Å²) >= 11 is 0. The summed E-state index contributed by atoms with van der Waals surface area (Å²) in [6, 6.07) is 0. The average molecular weight is 297 g/mol. The van der Waals surface area contributed by atoms with Crippen LogP contribution in [0.2, 0.25) is 0 Å². The molecule has 120 valence electrons. The molecule has 1 amide bonds. The Bertz CT molecular complexity index is 297. The number of carbonyl (C=O) groups excluding carboxylic acids is 1. The number of nitrogens with zero attached hydrogens (tertiary/aromatic N) is 1. The van der Waals surface area contributed by atoms with Gasteiger partial charge in [-0.1, -0.05) is 6.92 Å². The van der Waals surface area contributed by atoms with E-state index in [1.807, 2.05) is 6.92 Å². The third-order valence-corrected chi connectivity index (χ3v) is 3.44. The summed E-state index contributed by atoms with van der Waals surface area (Å²) in [5, 5.41) is 2.86. The molecular formula is C13H26F3N3O. The molecule has 0 aliphatic carbocycles. The molecule has 7 heteroatoms. The Hall–Kier alpha value is -0.820. The van der Waals surface area contributed by atoms with Crippen LogP contribution >= 0.6 is 0 Å². The van der Waals surface area contributed by atoms with E-state index in [2.05, 4.69) is 5.32 Å². The molecule has 0 heterocycles. The van der Waals surface area contributed by atoms with E-state index < -0.39 is 24.2 Å². The third-order valence-electron chi connectivity index (χ3n) is 3.44. The highest BCUT2D eigenvalue weighted by Crippen LogP contribution is 2.18. The van der Waals surface area contributed by atoms with E-state index in [1.165, 1.54) is 4.90 Å². The van der Waals surface area contributed by atoms with Crippen molar-refractivity contribution in [3.8, 4) is 0 Å². The molecule has 0 saturated heterocycles. The Morgan fingerprint density at radius 3 is 2.25 bits per heavy atom. The summed E-state index contributed by atoms with van der Waals surface area (Å²) < 4.78 is 37.1. The van der Waals surface area contributed by atoms with E-state index in [1.54, 1.807) is 14.0 Å². The molecule has 4 nitrogen and oxygen atoms in total. The summed E-state index contributed by atoms with van der Waals surface area (Å²) in [6.45, 7) is 3.49. The zero-order valence-corrected chi connectivity index (χ0v) is 12.5. The van der Waals surface area contributed by atoms with Crippen molar-refractivity contribution in [1.82, 2.24) is 10.2 Å². The van der Waals surface area contributed by atoms with Crippen molar-refractivity contribution >= 4 is 5.91 Å². The van der Waals surface area contributed by atoms with Crippen LogP contribution in [0.25, 0.3) is 0 Å². The minimum Gasteiger partial charge on any atom is -0.368 e. The first-order valence-corrected chi connectivity index (χ1v) is 6.92. The summed E-state index contributed by atoms with van der Waals surface area (Å²) in [4.78, 5) is 12.7. The van der Waals surface area contributed by atoms with Gasteiger partial charge in [0.2, 0.25) is 5.91 Å². The number of likely N-dealkylation sites (N-methyl/N-ethyl adjacent to an activating group) is 1. The van der Waals surface area contributed by atoms with Crippen LogP contribution in [0.15, 0.2) is 0 Å². The van der Waals surface area contributed by atoms with Gasteiger partial charge in [0.1, 0.15) is 0 Å². The number of amides is 1. The van der Waals surface area contributed by atoms with Crippen LogP contribution < -0.4 is 11.1 Å². The van der Waals surface area contributed by atoms with Crippen LogP contribution in [-0.2, 0) is 4.79 Å². The van der Waals surface area contributed by atoms with Crippen LogP contribution in [0.1, 0.15) is 39.5 Å². The molecule has 0 fully saturated rings. The molecule has 0 aromatic rings. The van der Waals surface area contributed by atoms with Crippen LogP contribution in [0, 0.1) is 0 Å². The monoisotopic (exact) mass is 297 g/mol. The molecular weight excluding hydrogens is 271 g/mol.